The predicted octanol–water partition coefficient (Wildman–Crippen LogP) is 2.60. The highest BCUT2D eigenvalue weighted by Crippen LogP contribution is 2.24. The molecule has 3 nitrogen and oxygen atoms in total. The van der Waals surface area contributed by atoms with Crippen LogP contribution in [0.15, 0.2) is 35.1 Å². The molecule has 0 aliphatic carbocycles. The highest BCUT2D eigenvalue weighted by atomic mass is 32.1. The molecular weight excluding hydrogens is 232 g/mol. The Morgan fingerprint density at radius 2 is 2.06 bits per heavy atom. The van der Waals surface area contributed by atoms with E-state index in [0.29, 0.717) is 0 Å². The molecule has 0 fully saturated rings. The van der Waals surface area contributed by atoms with Crippen molar-refractivity contribution in [3.05, 3.63) is 45.7 Å². The molecule has 2 aromatic rings. The lowest BCUT2D eigenvalue weighted by molar-refractivity contribution is 0.667. The normalized spacial score (nSPS) is 10.6. The van der Waals surface area contributed by atoms with Crippen LogP contribution in [-0.2, 0) is 6.54 Å². The third kappa shape index (κ3) is 3.05. The monoisotopic (exact) mass is 248 g/mol. The minimum absolute atomic E-state index is 0.0113. The van der Waals surface area contributed by atoms with E-state index in [1.54, 1.807) is 0 Å². The number of benzene rings is 1. The molecule has 0 saturated carbocycles. The smallest absolute Gasteiger partial charge is 0.305 e. The van der Waals surface area contributed by atoms with Gasteiger partial charge in [0.1, 0.15) is 0 Å². The molecule has 0 aliphatic heterocycles. The number of aromatic amines is 1. The van der Waals surface area contributed by atoms with Gasteiger partial charge in [-0.1, -0.05) is 48.6 Å². The van der Waals surface area contributed by atoms with Crippen LogP contribution >= 0.6 is 11.3 Å². The summed E-state index contributed by atoms with van der Waals surface area (Å²) in [5, 5.41) is 3.31. The summed E-state index contributed by atoms with van der Waals surface area (Å²) in [5.74, 6) is 0. The van der Waals surface area contributed by atoms with E-state index in [0.717, 1.165) is 35.6 Å². The van der Waals surface area contributed by atoms with Gasteiger partial charge in [-0.15, -0.1) is 0 Å². The van der Waals surface area contributed by atoms with Gasteiger partial charge in [-0.05, 0) is 18.5 Å². The van der Waals surface area contributed by atoms with Crippen LogP contribution in [0.2, 0.25) is 0 Å². The quantitative estimate of drug-likeness (QED) is 0.799. The lowest BCUT2D eigenvalue weighted by Crippen LogP contribution is -2.15. The summed E-state index contributed by atoms with van der Waals surface area (Å²) in [7, 11) is 0. The Morgan fingerprint density at radius 1 is 1.29 bits per heavy atom. The zero-order valence-corrected chi connectivity index (χ0v) is 10.6. The molecule has 0 saturated heterocycles. The molecule has 1 aromatic carbocycles. The van der Waals surface area contributed by atoms with Crippen LogP contribution in [0.25, 0.3) is 10.4 Å². The molecule has 0 bridgehead atoms. The molecule has 0 amide bonds. The van der Waals surface area contributed by atoms with Crippen molar-refractivity contribution >= 4 is 11.3 Å². The van der Waals surface area contributed by atoms with Crippen LogP contribution < -0.4 is 10.2 Å². The molecule has 1 aromatic heterocycles. The standard InChI is InChI=1S/C13H16N2OS/c1-2-8-14-9-11-12(17-13(16)15-11)10-6-4-3-5-7-10/h3-7,14H,2,8-9H2,1H3,(H,15,16). The Kier molecular flexibility index (Phi) is 4.12. The van der Waals surface area contributed by atoms with Crippen LogP contribution in [0.4, 0.5) is 0 Å². The average molecular weight is 248 g/mol. The molecular formula is C13H16N2OS. The van der Waals surface area contributed by atoms with Gasteiger partial charge in [-0.3, -0.25) is 4.79 Å². The van der Waals surface area contributed by atoms with Crippen LogP contribution in [0.1, 0.15) is 19.0 Å². The highest BCUT2D eigenvalue weighted by Gasteiger charge is 2.09. The number of hydrogen-bond donors (Lipinski definition) is 2. The van der Waals surface area contributed by atoms with Gasteiger partial charge < -0.3 is 10.3 Å². The van der Waals surface area contributed by atoms with Gasteiger partial charge in [0.15, 0.2) is 0 Å². The second-order valence-electron chi connectivity index (χ2n) is 3.86. The van der Waals surface area contributed by atoms with E-state index in [-0.39, 0.29) is 4.87 Å². The van der Waals surface area contributed by atoms with Gasteiger partial charge in [-0.2, -0.15) is 0 Å². The number of hydrogen-bond acceptors (Lipinski definition) is 3. The van der Waals surface area contributed by atoms with Crippen molar-refractivity contribution in [3.63, 3.8) is 0 Å². The van der Waals surface area contributed by atoms with Gasteiger partial charge >= 0.3 is 4.87 Å². The minimum atomic E-state index is 0.0113. The largest absolute Gasteiger partial charge is 0.315 e. The van der Waals surface area contributed by atoms with Gasteiger partial charge in [0.05, 0.1) is 10.6 Å². The Hall–Kier alpha value is -1.39. The maximum atomic E-state index is 11.5. The zero-order valence-electron chi connectivity index (χ0n) is 9.82. The van der Waals surface area contributed by atoms with E-state index in [4.69, 9.17) is 0 Å². The summed E-state index contributed by atoms with van der Waals surface area (Å²) in [6.07, 6.45) is 1.09. The second-order valence-corrected chi connectivity index (χ2v) is 4.85. The van der Waals surface area contributed by atoms with Gasteiger partial charge in [0.25, 0.3) is 0 Å². The van der Waals surface area contributed by atoms with Crippen molar-refractivity contribution in [3.8, 4) is 10.4 Å². The number of rotatable bonds is 5. The number of thiazole rings is 1. The van der Waals surface area contributed by atoms with Crippen molar-refractivity contribution in [2.75, 3.05) is 6.54 Å². The molecule has 0 atom stereocenters. The molecule has 0 aliphatic rings. The van der Waals surface area contributed by atoms with Gasteiger partial charge in [0.2, 0.25) is 0 Å². The first-order valence-electron chi connectivity index (χ1n) is 5.79. The van der Waals surface area contributed by atoms with E-state index in [1.807, 2.05) is 30.3 Å². The number of nitrogens with one attached hydrogen (secondary N) is 2. The molecule has 0 radical (unpaired) electrons. The van der Waals surface area contributed by atoms with Crippen LogP contribution in [-0.4, -0.2) is 11.5 Å². The summed E-state index contributed by atoms with van der Waals surface area (Å²) in [6, 6.07) is 10.0. The maximum Gasteiger partial charge on any atom is 0.305 e. The first-order valence-corrected chi connectivity index (χ1v) is 6.61. The van der Waals surface area contributed by atoms with Crippen molar-refractivity contribution in [2.24, 2.45) is 0 Å². The summed E-state index contributed by atoms with van der Waals surface area (Å²) in [5.41, 5.74) is 2.09. The Morgan fingerprint density at radius 3 is 2.76 bits per heavy atom. The number of H-pyrrole nitrogens is 1. The molecule has 2 N–H and O–H groups in total. The SMILES string of the molecule is CCCNCc1[nH]c(=O)sc1-c1ccccc1. The average Bonchev–Trinajstić information content (AvgIpc) is 2.72. The molecule has 4 heteroatoms. The molecule has 2 rings (SSSR count). The molecule has 0 unspecified atom stereocenters. The summed E-state index contributed by atoms with van der Waals surface area (Å²) in [6.45, 7) is 3.81. The third-order valence-electron chi connectivity index (χ3n) is 2.49. The highest BCUT2D eigenvalue weighted by molar-refractivity contribution is 7.13. The van der Waals surface area contributed by atoms with Crippen molar-refractivity contribution in [1.29, 1.82) is 0 Å². The van der Waals surface area contributed by atoms with Crippen LogP contribution in [0.3, 0.4) is 0 Å². The second kappa shape index (κ2) is 5.80. The van der Waals surface area contributed by atoms with E-state index >= 15 is 0 Å². The molecule has 90 valence electrons. The molecule has 17 heavy (non-hydrogen) atoms. The Balaban J connectivity index is 2.25. The predicted molar refractivity (Wildman–Crippen MR) is 72.4 cm³/mol. The van der Waals surface area contributed by atoms with E-state index in [9.17, 15) is 4.79 Å². The van der Waals surface area contributed by atoms with E-state index < -0.39 is 0 Å². The third-order valence-corrected chi connectivity index (χ3v) is 3.46. The summed E-state index contributed by atoms with van der Waals surface area (Å²) >= 11 is 1.27. The lowest BCUT2D eigenvalue weighted by Gasteiger charge is -2.04. The fourth-order valence-corrected chi connectivity index (χ4v) is 2.56. The fourth-order valence-electron chi connectivity index (χ4n) is 1.70. The minimum Gasteiger partial charge on any atom is -0.315 e. The van der Waals surface area contributed by atoms with Crippen molar-refractivity contribution in [2.45, 2.75) is 19.9 Å². The van der Waals surface area contributed by atoms with Gasteiger partial charge in [-0.25, -0.2) is 0 Å². The van der Waals surface area contributed by atoms with E-state index in [1.165, 1.54) is 11.3 Å². The molecule has 1 heterocycles. The van der Waals surface area contributed by atoms with Crippen LogP contribution in [0.5, 0.6) is 0 Å². The van der Waals surface area contributed by atoms with Crippen LogP contribution in [0, 0.1) is 0 Å². The first-order chi connectivity index (χ1) is 8.31. The number of aromatic nitrogens is 1. The van der Waals surface area contributed by atoms with Crippen molar-refractivity contribution in [1.82, 2.24) is 10.3 Å². The lowest BCUT2D eigenvalue weighted by atomic mass is 10.1. The zero-order chi connectivity index (χ0) is 12.1. The molecule has 0 spiro atoms. The maximum absolute atomic E-state index is 11.5. The summed E-state index contributed by atoms with van der Waals surface area (Å²) < 4.78 is 0. The topological polar surface area (TPSA) is 44.9 Å². The van der Waals surface area contributed by atoms with Crippen molar-refractivity contribution < 1.29 is 0 Å². The summed E-state index contributed by atoms with van der Waals surface area (Å²) in [4.78, 5) is 15.4. The fraction of sp³-hybridized carbons (Fsp3) is 0.308. The first kappa shape index (κ1) is 12.1. The Bertz CT molecular complexity index is 516. The van der Waals surface area contributed by atoms with Gasteiger partial charge in [0, 0.05) is 6.54 Å². The van der Waals surface area contributed by atoms with E-state index in [2.05, 4.69) is 17.2 Å². The Labute approximate surface area is 105 Å².